The van der Waals surface area contributed by atoms with Gasteiger partial charge in [0.1, 0.15) is 20.4 Å². The van der Waals surface area contributed by atoms with Crippen LogP contribution in [-0.2, 0) is 30.4 Å². The van der Waals surface area contributed by atoms with E-state index in [1.807, 2.05) is 0 Å². The van der Waals surface area contributed by atoms with E-state index in [1.165, 1.54) is 12.1 Å². The zero-order valence-electron chi connectivity index (χ0n) is 16.9. The van der Waals surface area contributed by atoms with Gasteiger partial charge in [0.15, 0.2) is 0 Å². The predicted octanol–water partition coefficient (Wildman–Crippen LogP) is 0.887. The zero-order chi connectivity index (χ0) is 21.5. The second-order valence-corrected chi connectivity index (χ2v) is 10.3. The third kappa shape index (κ3) is 4.90. The van der Waals surface area contributed by atoms with Gasteiger partial charge in [0.05, 0.1) is 0 Å². The quantitative estimate of drug-likeness (QED) is 0.170. The van der Waals surface area contributed by atoms with E-state index in [1.54, 1.807) is 12.1 Å². The number of rotatable bonds is 3. The molecule has 0 bridgehead atoms. The zero-order valence-corrected chi connectivity index (χ0v) is 25.4. The monoisotopic (exact) mass is 527 g/mol. The summed E-state index contributed by atoms with van der Waals surface area (Å²) in [6.07, 6.45) is 0. The van der Waals surface area contributed by atoms with E-state index < -0.39 is 61.6 Å². The Labute approximate surface area is 248 Å². The molecule has 4 rings (SSSR count). The van der Waals surface area contributed by atoms with Gasteiger partial charge in [0.25, 0.3) is 30.4 Å². The molecule has 0 saturated heterocycles. The molecule has 4 aromatic rings. The van der Waals surface area contributed by atoms with Crippen molar-refractivity contribution >= 4 is 151 Å². The molecule has 0 atom stereocenters. The minimum atomic E-state index is -5.63. The molecule has 32 heavy (non-hydrogen) atoms. The molecular weight excluding hydrogens is 517 g/mol. The van der Waals surface area contributed by atoms with E-state index in [9.17, 15) is 44.0 Å². The van der Waals surface area contributed by atoms with Crippen LogP contribution in [0.4, 0.5) is 0 Å². The van der Waals surface area contributed by atoms with Crippen LogP contribution in [0.5, 0.6) is 5.75 Å². The van der Waals surface area contributed by atoms with Crippen LogP contribution in [0, 0.1) is 0 Å². The molecule has 0 aliphatic rings. The first-order valence-corrected chi connectivity index (χ1v) is 11.9. The normalized spacial score (nSPS) is 12.3. The molecular formula is C16H10Na3O10S3. The molecule has 0 aliphatic carbocycles. The van der Waals surface area contributed by atoms with E-state index in [4.69, 9.17) is 0 Å². The van der Waals surface area contributed by atoms with Gasteiger partial charge in [0, 0.05) is 105 Å². The van der Waals surface area contributed by atoms with Crippen molar-refractivity contribution in [2.75, 3.05) is 0 Å². The van der Waals surface area contributed by atoms with Gasteiger partial charge in [-0.25, -0.2) is 0 Å². The first kappa shape index (κ1) is 30.5. The summed E-state index contributed by atoms with van der Waals surface area (Å²) in [5.74, 6) is -0.791. The van der Waals surface area contributed by atoms with Crippen molar-refractivity contribution in [3.63, 3.8) is 0 Å². The van der Waals surface area contributed by atoms with Gasteiger partial charge in [-0.15, -0.1) is 0 Å². The largest absolute Gasteiger partial charge is 0.507 e. The van der Waals surface area contributed by atoms with Gasteiger partial charge in [-0.2, -0.15) is 25.3 Å². The molecule has 155 valence electrons. The molecule has 4 N–H and O–H groups in total. The Bertz CT molecular complexity index is 1680. The Hall–Kier alpha value is 0.450. The number of benzene rings is 4. The summed E-state index contributed by atoms with van der Waals surface area (Å²) in [4.78, 5) is -4.75. The van der Waals surface area contributed by atoms with Gasteiger partial charge >= 0.3 is 0 Å². The molecule has 0 spiro atoms. The van der Waals surface area contributed by atoms with Crippen LogP contribution in [0.1, 0.15) is 0 Å². The smallest absolute Gasteiger partial charge is 0.297 e. The fourth-order valence-corrected chi connectivity index (χ4v) is 7.22. The van der Waals surface area contributed by atoms with E-state index in [0.717, 1.165) is 12.1 Å². The van der Waals surface area contributed by atoms with E-state index in [-0.39, 0.29) is 99.4 Å². The summed E-state index contributed by atoms with van der Waals surface area (Å²) in [6, 6.07) is 8.30. The maximum Gasteiger partial charge on any atom is 0.297 e. The summed E-state index contributed by atoms with van der Waals surface area (Å²) in [6.45, 7) is 0. The van der Waals surface area contributed by atoms with E-state index in [2.05, 4.69) is 0 Å². The fraction of sp³-hybridized carbons (Fsp3) is 0. The van der Waals surface area contributed by atoms with Gasteiger partial charge < -0.3 is 5.11 Å². The topological polar surface area (TPSA) is 183 Å². The van der Waals surface area contributed by atoms with Crippen LogP contribution in [0.2, 0.25) is 0 Å². The van der Waals surface area contributed by atoms with Crippen molar-refractivity contribution in [3.05, 3.63) is 36.4 Å². The second kappa shape index (κ2) is 9.84. The van der Waals surface area contributed by atoms with Gasteiger partial charge in [-0.3, -0.25) is 13.7 Å². The van der Waals surface area contributed by atoms with Crippen LogP contribution in [0.25, 0.3) is 32.3 Å². The number of phenolic OH excluding ortho intramolecular Hbond substituents is 1. The van der Waals surface area contributed by atoms with Crippen LogP contribution in [-0.4, -0.2) is 133 Å². The van der Waals surface area contributed by atoms with Crippen LogP contribution < -0.4 is 0 Å². The number of hydrogen-bond donors (Lipinski definition) is 4. The van der Waals surface area contributed by atoms with Crippen molar-refractivity contribution in [3.8, 4) is 5.75 Å². The maximum atomic E-state index is 12.1. The summed E-state index contributed by atoms with van der Waals surface area (Å²) in [5.41, 5.74) is 0. The summed E-state index contributed by atoms with van der Waals surface area (Å²) >= 11 is 0. The molecule has 16 heteroatoms. The van der Waals surface area contributed by atoms with Gasteiger partial charge in [-0.05, 0) is 22.2 Å². The standard InChI is InChI=1S/C16H10O10S3.3Na/c17-10-6-8-3-1-2-7-4-5-9-12(11(7)8)13(10)15(28(21,22)23)16(29(24,25)26)14(9)27(18,19)20;;;/h1-6,17H,(H,18,19,20)(H,21,22,23)(H,24,25,26);;;. The molecule has 0 amide bonds. The maximum absolute atomic E-state index is 12.1. The molecule has 0 fully saturated rings. The number of phenols is 1. The van der Waals surface area contributed by atoms with Crippen molar-refractivity contribution in [1.82, 2.24) is 0 Å². The third-order valence-electron chi connectivity index (χ3n) is 4.53. The van der Waals surface area contributed by atoms with Crippen LogP contribution in [0.15, 0.2) is 51.1 Å². The molecule has 0 aromatic heterocycles. The summed E-state index contributed by atoms with van der Waals surface area (Å²) < 4.78 is 101. The van der Waals surface area contributed by atoms with Crippen LogP contribution in [0.3, 0.4) is 0 Å². The summed E-state index contributed by atoms with van der Waals surface area (Å²) in [7, 11) is -16.6. The van der Waals surface area contributed by atoms with Crippen molar-refractivity contribution in [2.45, 2.75) is 14.7 Å². The average Bonchev–Trinajstić information content (AvgIpc) is 2.56. The Morgan fingerprint density at radius 3 is 1.56 bits per heavy atom. The van der Waals surface area contributed by atoms with Crippen molar-refractivity contribution < 1.29 is 44.0 Å². The Balaban J connectivity index is 0.00000171. The molecule has 0 heterocycles. The molecule has 4 aromatic carbocycles. The first-order chi connectivity index (χ1) is 13.2. The summed E-state index contributed by atoms with van der Waals surface area (Å²) in [5, 5.41) is 10.1. The van der Waals surface area contributed by atoms with Crippen LogP contribution >= 0.6 is 0 Å². The molecule has 10 nitrogen and oxygen atoms in total. The molecule has 0 unspecified atom stereocenters. The number of hydrogen-bond acceptors (Lipinski definition) is 7. The Morgan fingerprint density at radius 1 is 0.562 bits per heavy atom. The SMILES string of the molecule is O=S(=O)(O)c1c(S(=O)(=O)O)c2ccc3cccc4cc(O)c(c1S(=O)(=O)O)c2c34.[Na].[Na].[Na]. The van der Waals surface area contributed by atoms with E-state index >= 15 is 0 Å². The van der Waals surface area contributed by atoms with Crippen molar-refractivity contribution in [2.24, 2.45) is 0 Å². The third-order valence-corrected chi connectivity index (χ3v) is 7.58. The molecule has 0 aliphatic heterocycles. The first-order valence-electron chi connectivity index (χ1n) is 7.62. The second-order valence-electron chi connectivity index (χ2n) is 6.25. The minimum Gasteiger partial charge on any atom is -0.507 e. The van der Waals surface area contributed by atoms with Crippen molar-refractivity contribution in [1.29, 1.82) is 0 Å². The van der Waals surface area contributed by atoms with E-state index in [0.29, 0.717) is 10.8 Å². The molecule has 3 radical (unpaired) electrons. The Morgan fingerprint density at radius 2 is 1.06 bits per heavy atom. The minimum absolute atomic E-state index is 0. The molecule has 0 saturated carbocycles. The average molecular weight is 527 g/mol. The van der Waals surface area contributed by atoms with Gasteiger partial charge in [-0.1, -0.05) is 30.3 Å². The van der Waals surface area contributed by atoms with Gasteiger partial charge in [0.2, 0.25) is 0 Å². The fourth-order valence-electron chi connectivity index (χ4n) is 3.63. The number of aromatic hydroxyl groups is 1. The Kier molecular flexibility index (Phi) is 9.37. The predicted molar refractivity (Wildman–Crippen MR) is 119 cm³/mol.